The summed E-state index contributed by atoms with van der Waals surface area (Å²) in [5.74, 6) is 5.27. The van der Waals surface area contributed by atoms with Crippen molar-refractivity contribution in [3.8, 4) is 0 Å². The first kappa shape index (κ1) is 14.5. The van der Waals surface area contributed by atoms with Crippen molar-refractivity contribution in [1.29, 1.82) is 0 Å². The van der Waals surface area contributed by atoms with Gasteiger partial charge in [-0.25, -0.2) is 4.39 Å². The van der Waals surface area contributed by atoms with Crippen LogP contribution in [0.15, 0.2) is 35.0 Å². The van der Waals surface area contributed by atoms with Crippen molar-refractivity contribution in [2.24, 2.45) is 5.84 Å². The molecule has 1 aromatic heterocycles. The van der Waals surface area contributed by atoms with Crippen molar-refractivity contribution in [3.05, 3.63) is 57.0 Å². The molecule has 0 fully saturated rings. The second-order valence-electron chi connectivity index (χ2n) is 4.44. The SMILES string of the molecule is NNC(CCc1ccsc1)Cc1c(F)cccc1Cl. The molecule has 0 amide bonds. The maximum absolute atomic E-state index is 13.7. The third-order valence-electron chi connectivity index (χ3n) is 3.11. The van der Waals surface area contributed by atoms with Crippen LogP contribution in [0.2, 0.25) is 5.02 Å². The van der Waals surface area contributed by atoms with E-state index in [0.717, 1.165) is 12.8 Å². The van der Waals surface area contributed by atoms with Gasteiger partial charge < -0.3 is 0 Å². The molecule has 5 heteroatoms. The fourth-order valence-corrected chi connectivity index (χ4v) is 2.94. The minimum Gasteiger partial charge on any atom is -0.271 e. The number of benzene rings is 1. The number of aryl methyl sites for hydroxylation is 1. The lowest BCUT2D eigenvalue weighted by atomic mass is 10.00. The zero-order chi connectivity index (χ0) is 13.7. The van der Waals surface area contributed by atoms with E-state index in [1.165, 1.54) is 11.6 Å². The zero-order valence-electron chi connectivity index (χ0n) is 10.4. The van der Waals surface area contributed by atoms with Crippen LogP contribution < -0.4 is 11.3 Å². The number of hydrogen-bond acceptors (Lipinski definition) is 3. The van der Waals surface area contributed by atoms with E-state index in [0.29, 0.717) is 17.0 Å². The summed E-state index contributed by atoms with van der Waals surface area (Å²) in [4.78, 5) is 0. The third kappa shape index (κ3) is 4.01. The largest absolute Gasteiger partial charge is 0.271 e. The van der Waals surface area contributed by atoms with Crippen molar-refractivity contribution in [1.82, 2.24) is 5.43 Å². The van der Waals surface area contributed by atoms with Crippen molar-refractivity contribution < 1.29 is 4.39 Å². The Balaban J connectivity index is 1.98. The van der Waals surface area contributed by atoms with Crippen LogP contribution in [-0.2, 0) is 12.8 Å². The molecule has 19 heavy (non-hydrogen) atoms. The van der Waals surface area contributed by atoms with E-state index >= 15 is 0 Å². The summed E-state index contributed by atoms with van der Waals surface area (Å²) in [5.41, 5.74) is 4.55. The monoisotopic (exact) mass is 298 g/mol. The molecular weight excluding hydrogens is 283 g/mol. The normalized spacial score (nSPS) is 12.6. The summed E-state index contributed by atoms with van der Waals surface area (Å²) in [6, 6.07) is 6.83. The molecule has 0 aliphatic carbocycles. The molecule has 2 nitrogen and oxygen atoms in total. The maximum atomic E-state index is 13.7. The van der Waals surface area contributed by atoms with E-state index in [4.69, 9.17) is 17.4 Å². The molecule has 3 N–H and O–H groups in total. The summed E-state index contributed by atoms with van der Waals surface area (Å²) in [5, 5.41) is 4.62. The number of halogens is 2. The van der Waals surface area contributed by atoms with E-state index in [1.807, 2.05) is 5.38 Å². The molecule has 0 aliphatic heterocycles. The molecule has 0 saturated carbocycles. The smallest absolute Gasteiger partial charge is 0.127 e. The van der Waals surface area contributed by atoms with Crippen LogP contribution in [-0.4, -0.2) is 6.04 Å². The highest BCUT2D eigenvalue weighted by Crippen LogP contribution is 2.21. The Morgan fingerprint density at radius 3 is 2.84 bits per heavy atom. The molecule has 2 rings (SSSR count). The van der Waals surface area contributed by atoms with Crippen molar-refractivity contribution in [2.75, 3.05) is 0 Å². The van der Waals surface area contributed by atoms with Gasteiger partial charge in [-0.3, -0.25) is 11.3 Å². The van der Waals surface area contributed by atoms with Crippen molar-refractivity contribution in [2.45, 2.75) is 25.3 Å². The Kier molecular flexibility index (Phi) is 5.34. The Morgan fingerprint density at radius 2 is 2.21 bits per heavy atom. The molecule has 0 radical (unpaired) electrons. The van der Waals surface area contributed by atoms with Gasteiger partial charge in [0.1, 0.15) is 5.82 Å². The highest BCUT2D eigenvalue weighted by molar-refractivity contribution is 7.07. The van der Waals surface area contributed by atoms with E-state index in [-0.39, 0.29) is 11.9 Å². The summed E-state index contributed by atoms with van der Waals surface area (Å²) < 4.78 is 13.7. The summed E-state index contributed by atoms with van der Waals surface area (Å²) >= 11 is 7.70. The van der Waals surface area contributed by atoms with Crippen molar-refractivity contribution >= 4 is 22.9 Å². The zero-order valence-corrected chi connectivity index (χ0v) is 12.0. The Bertz CT molecular complexity index is 496. The number of hydrazine groups is 1. The summed E-state index contributed by atoms with van der Waals surface area (Å²) in [7, 11) is 0. The number of thiophene rings is 1. The van der Waals surface area contributed by atoms with Gasteiger partial charge in [-0.1, -0.05) is 17.7 Å². The predicted molar refractivity (Wildman–Crippen MR) is 78.9 cm³/mol. The molecule has 2 aromatic rings. The van der Waals surface area contributed by atoms with Crippen LogP contribution in [0, 0.1) is 5.82 Å². The predicted octanol–water partition coefficient (Wildman–Crippen LogP) is 3.55. The van der Waals surface area contributed by atoms with Gasteiger partial charge in [0, 0.05) is 16.6 Å². The maximum Gasteiger partial charge on any atom is 0.127 e. The second kappa shape index (κ2) is 7.01. The summed E-state index contributed by atoms with van der Waals surface area (Å²) in [6.45, 7) is 0. The van der Waals surface area contributed by atoms with E-state index in [2.05, 4.69) is 16.9 Å². The molecule has 1 unspecified atom stereocenters. The molecule has 0 bridgehead atoms. The minimum absolute atomic E-state index is 0.00861. The average molecular weight is 299 g/mol. The number of hydrogen-bond donors (Lipinski definition) is 2. The fourth-order valence-electron chi connectivity index (χ4n) is 1.99. The van der Waals surface area contributed by atoms with Gasteiger partial charge >= 0.3 is 0 Å². The lowest BCUT2D eigenvalue weighted by Crippen LogP contribution is -2.37. The molecule has 102 valence electrons. The Labute approximate surface area is 121 Å². The Morgan fingerprint density at radius 1 is 1.37 bits per heavy atom. The van der Waals surface area contributed by atoms with Crippen LogP contribution in [0.5, 0.6) is 0 Å². The average Bonchev–Trinajstić information content (AvgIpc) is 2.91. The van der Waals surface area contributed by atoms with Gasteiger partial charge in [-0.15, -0.1) is 0 Å². The third-order valence-corrected chi connectivity index (χ3v) is 4.20. The van der Waals surface area contributed by atoms with E-state index < -0.39 is 0 Å². The lowest BCUT2D eigenvalue weighted by molar-refractivity contribution is 0.480. The van der Waals surface area contributed by atoms with Crippen LogP contribution in [0.1, 0.15) is 17.5 Å². The fraction of sp³-hybridized carbons (Fsp3) is 0.286. The van der Waals surface area contributed by atoms with Gasteiger partial charge in [-0.2, -0.15) is 11.3 Å². The van der Waals surface area contributed by atoms with Crippen LogP contribution in [0.4, 0.5) is 4.39 Å². The Hall–Kier alpha value is -0.940. The molecule has 1 aromatic carbocycles. The van der Waals surface area contributed by atoms with Gasteiger partial charge in [0.05, 0.1) is 0 Å². The second-order valence-corrected chi connectivity index (χ2v) is 5.63. The quantitative estimate of drug-likeness (QED) is 0.632. The highest BCUT2D eigenvalue weighted by Gasteiger charge is 2.14. The topological polar surface area (TPSA) is 38.0 Å². The number of nitrogens with two attached hydrogens (primary N) is 1. The standard InChI is InChI=1S/C14H16ClFN2S/c15-13-2-1-3-14(16)12(13)8-11(18-17)5-4-10-6-7-19-9-10/h1-3,6-7,9,11,18H,4-5,8,17H2. The van der Waals surface area contributed by atoms with E-state index in [9.17, 15) is 4.39 Å². The molecular formula is C14H16ClFN2S. The first-order valence-corrected chi connectivity index (χ1v) is 7.43. The van der Waals surface area contributed by atoms with Crippen LogP contribution in [0.3, 0.4) is 0 Å². The van der Waals surface area contributed by atoms with Crippen molar-refractivity contribution in [3.63, 3.8) is 0 Å². The molecule has 0 saturated heterocycles. The van der Waals surface area contributed by atoms with E-state index in [1.54, 1.807) is 23.5 Å². The highest BCUT2D eigenvalue weighted by atomic mass is 35.5. The molecule has 1 heterocycles. The van der Waals surface area contributed by atoms with Crippen LogP contribution >= 0.6 is 22.9 Å². The number of rotatable bonds is 6. The van der Waals surface area contributed by atoms with Gasteiger partial charge in [-0.05, 0) is 53.8 Å². The molecule has 0 spiro atoms. The summed E-state index contributed by atoms with van der Waals surface area (Å²) in [6.07, 6.45) is 2.26. The minimum atomic E-state index is -0.275. The van der Waals surface area contributed by atoms with Gasteiger partial charge in [0.25, 0.3) is 0 Å². The first-order valence-electron chi connectivity index (χ1n) is 6.11. The lowest BCUT2D eigenvalue weighted by Gasteiger charge is -2.16. The molecule has 1 atom stereocenters. The number of nitrogens with one attached hydrogen (secondary N) is 1. The van der Waals surface area contributed by atoms with Gasteiger partial charge in [0.2, 0.25) is 0 Å². The van der Waals surface area contributed by atoms with Gasteiger partial charge in [0.15, 0.2) is 0 Å². The first-order chi connectivity index (χ1) is 9.20. The molecule has 0 aliphatic rings. The van der Waals surface area contributed by atoms with Crippen LogP contribution in [0.25, 0.3) is 0 Å².